The molecular weight excluding hydrogens is 1010 g/mol. The number of ketones is 1. The molecule has 0 aromatic heterocycles. The largest absolute Gasteiger partial charge is 0.466 e. The van der Waals surface area contributed by atoms with Gasteiger partial charge in [0.15, 0.2) is 0 Å². The van der Waals surface area contributed by atoms with Crippen molar-refractivity contribution in [2.45, 2.75) is 197 Å². The summed E-state index contributed by atoms with van der Waals surface area (Å²) in [4.78, 5) is 36.4. The lowest BCUT2D eigenvalue weighted by Gasteiger charge is -2.33. The van der Waals surface area contributed by atoms with Crippen molar-refractivity contribution in [3.63, 3.8) is 0 Å². The van der Waals surface area contributed by atoms with E-state index < -0.39 is 0 Å². The van der Waals surface area contributed by atoms with E-state index in [0.29, 0.717) is 6.61 Å². The standard InChI is InChI=1S/C49H62N2O4.C10H21NO.C10H15N.CH4S/c1-7-8-16-31-54-46(52)25-26-47(53)55-45-22-15-14-21-44(45)51-43-24-23-42(40-19-12-13-20-41(40)43)48(38-17-10-9-11-18-38)39-27-29-49(6,30-28-39)50-34-37(5)33-36(4)32-35(2)3;1-8(12)10(5,11-6)7-9(2,3)4;1-7-5-8(2)10(11-4)9(3)6-7;1-2/h10-13,17-20,23-24,27-29,32-34,44-45,50-51H,7-9,14-16,21-22,25-26,30-31H2,1-6H3;11H,7H2,1-6H3;5-6,11H,1-4H3;2H,1H3/b36-33-,37-34+;;;. The van der Waals surface area contributed by atoms with Crippen molar-refractivity contribution in [1.82, 2.24) is 10.6 Å². The zero-order valence-electron chi connectivity index (χ0n) is 52.2. The van der Waals surface area contributed by atoms with Crippen molar-refractivity contribution in [2.24, 2.45) is 5.41 Å². The molecule has 9 nitrogen and oxygen atoms in total. The highest BCUT2D eigenvalue weighted by atomic mass is 32.1. The maximum Gasteiger partial charge on any atom is 0.306 e. The van der Waals surface area contributed by atoms with Gasteiger partial charge in [-0.05, 0) is 183 Å². The van der Waals surface area contributed by atoms with Crippen LogP contribution in [0.3, 0.4) is 0 Å². The van der Waals surface area contributed by atoms with Crippen molar-refractivity contribution in [3.8, 4) is 0 Å². The summed E-state index contributed by atoms with van der Waals surface area (Å²) in [6, 6.07) is 17.4. The minimum Gasteiger partial charge on any atom is -0.466 e. The topological polar surface area (TPSA) is 118 Å². The molecule has 3 aliphatic rings. The fraction of sp³-hybridized carbons (Fsp3) is 0.500. The second-order valence-electron chi connectivity index (χ2n) is 23.7. The molecule has 3 aromatic carbocycles. The third-order valence-electron chi connectivity index (χ3n) is 14.6. The quantitative estimate of drug-likeness (QED) is 0.0326. The smallest absolute Gasteiger partial charge is 0.306 e. The lowest BCUT2D eigenvalue weighted by molar-refractivity contribution is -0.155. The van der Waals surface area contributed by atoms with Crippen molar-refractivity contribution < 1.29 is 23.9 Å². The van der Waals surface area contributed by atoms with Crippen LogP contribution < -0.4 is 21.3 Å². The molecule has 0 bridgehead atoms. The zero-order chi connectivity index (χ0) is 59.6. The molecule has 1 saturated carbocycles. The maximum atomic E-state index is 12.9. The Labute approximate surface area is 489 Å². The van der Waals surface area contributed by atoms with Gasteiger partial charge in [-0.15, -0.1) is 0 Å². The van der Waals surface area contributed by atoms with Crippen LogP contribution in [0.4, 0.5) is 11.4 Å². The van der Waals surface area contributed by atoms with E-state index in [-0.39, 0.29) is 59.2 Å². The van der Waals surface area contributed by atoms with Gasteiger partial charge in [0, 0.05) is 30.0 Å². The fourth-order valence-electron chi connectivity index (χ4n) is 10.7. The first kappa shape index (κ1) is 68.4. The second-order valence-corrected chi connectivity index (χ2v) is 23.7. The number of hydrogen-bond donors (Lipinski definition) is 5. The van der Waals surface area contributed by atoms with Gasteiger partial charge in [0.25, 0.3) is 0 Å². The predicted octanol–water partition coefficient (Wildman–Crippen LogP) is 17.1. The van der Waals surface area contributed by atoms with Crippen LogP contribution in [0.2, 0.25) is 0 Å². The number of unbranched alkanes of at least 4 members (excludes halogenated alkanes) is 2. The van der Waals surface area contributed by atoms with E-state index in [2.05, 4.69) is 226 Å². The van der Waals surface area contributed by atoms with E-state index >= 15 is 0 Å². The average molecular weight is 1110 g/mol. The molecule has 3 aliphatic carbocycles. The molecule has 0 radical (unpaired) electrons. The predicted molar refractivity (Wildman–Crippen MR) is 347 cm³/mol. The number of ether oxygens (including phenoxy) is 2. The van der Waals surface area contributed by atoms with Crippen molar-refractivity contribution in [2.75, 3.05) is 37.6 Å². The molecule has 4 atom stereocenters. The molecule has 0 saturated heterocycles. The van der Waals surface area contributed by atoms with Gasteiger partial charge in [0.2, 0.25) is 0 Å². The van der Waals surface area contributed by atoms with Gasteiger partial charge in [-0.25, -0.2) is 0 Å². The summed E-state index contributed by atoms with van der Waals surface area (Å²) in [5, 5.41) is 16.1. The summed E-state index contributed by atoms with van der Waals surface area (Å²) in [6.45, 7) is 29.7. The highest BCUT2D eigenvalue weighted by Gasteiger charge is 2.33. The van der Waals surface area contributed by atoms with E-state index in [4.69, 9.17) is 9.47 Å². The van der Waals surface area contributed by atoms with Crippen LogP contribution in [0.25, 0.3) is 16.3 Å². The summed E-state index contributed by atoms with van der Waals surface area (Å²) in [5.74, 6) is -0.468. The number of benzene rings is 3. The summed E-state index contributed by atoms with van der Waals surface area (Å²) < 4.78 is 11.3. The van der Waals surface area contributed by atoms with Crippen molar-refractivity contribution >= 4 is 58.1 Å². The van der Waals surface area contributed by atoms with Gasteiger partial charge in [-0.2, -0.15) is 12.6 Å². The molecule has 0 heterocycles. The first-order chi connectivity index (χ1) is 37.9. The molecule has 4 unspecified atom stereocenters. The van der Waals surface area contributed by atoms with E-state index in [9.17, 15) is 14.4 Å². The number of rotatable bonds is 20. The lowest BCUT2D eigenvalue weighted by Crippen LogP contribution is -2.48. The number of likely N-dealkylation sites (N-methyl/N-ethyl adjacent to an activating group) is 1. The molecule has 0 amide bonds. The van der Waals surface area contributed by atoms with Crippen LogP contribution >= 0.6 is 12.6 Å². The number of nitrogens with one attached hydrogen (secondary N) is 4. The Morgan fingerprint density at radius 2 is 1.44 bits per heavy atom. The number of esters is 2. The van der Waals surface area contributed by atoms with Gasteiger partial charge in [0.1, 0.15) is 11.9 Å². The highest BCUT2D eigenvalue weighted by molar-refractivity contribution is 7.79. The van der Waals surface area contributed by atoms with Crippen LogP contribution in [0.15, 0.2) is 137 Å². The van der Waals surface area contributed by atoms with Crippen LogP contribution in [-0.2, 0) is 23.9 Å². The van der Waals surface area contributed by atoms with Gasteiger partial charge >= 0.3 is 11.9 Å². The first-order valence-electron chi connectivity index (χ1n) is 29.2. The van der Waals surface area contributed by atoms with Crippen molar-refractivity contribution in [1.29, 1.82) is 0 Å². The summed E-state index contributed by atoms with van der Waals surface area (Å²) in [7, 11) is 3.80. The molecule has 10 heteroatoms. The number of thiol groups is 1. The minimum atomic E-state index is -0.363. The third-order valence-corrected chi connectivity index (χ3v) is 14.6. The number of allylic oxidation sites excluding steroid dienone is 13. The van der Waals surface area contributed by atoms with Crippen LogP contribution in [0, 0.1) is 26.2 Å². The van der Waals surface area contributed by atoms with E-state index in [0.717, 1.165) is 75.3 Å². The second kappa shape index (κ2) is 33.8. The summed E-state index contributed by atoms with van der Waals surface area (Å²) in [6.07, 6.45) is 33.3. The van der Waals surface area contributed by atoms with Crippen LogP contribution in [-0.4, -0.2) is 67.9 Å². The molecule has 438 valence electrons. The van der Waals surface area contributed by atoms with Gasteiger partial charge < -0.3 is 30.7 Å². The SMILES string of the molecule is CCCCCOC(=O)CCC(=O)OC1CCCCC1Nc1ccc(C(C2=CCC(C)(N/C=C(C)/C=C(/C)C=C(C)C)C=C2)=C2C=CCC=C2)c2ccccc12.CNC(C)(CC(C)(C)C)C(C)=O.CNc1c(C)cc(C)cc1C.CS. The molecule has 0 spiro atoms. The fourth-order valence-corrected chi connectivity index (χ4v) is 10.7. The van der Waals surface area contributed by atoms with Crippen molar-refractivity contribution in [3.05, 3.63) is 160 Å². The van der Waals surface area contributed by atoms with Gasteiger partial charge in [-0.3, -0.25) is 14.4 Å². The Hall–Kier alpha value is -5.84. The minimum absolute atomic E-state index is 0.0199. The Balaban J connectivity index is 0.000000552. The van der Waals surface area contributed by atoms with Crippen LogP contribution in [0.5, 0.6) is 0 Å². The maximum absolute atomic E-state index is 12.9. The number of anilines is 2. The first-order valence-corrected chi connectivity index (χ1v) is 30.1. The Bertz CT molecular complexity index is 2740. The van der Waals surface area contributed by atoms with E-state index in [1.807, 2.05) is 21.0 Å². The zero-order valence-corrected chi connectivity index (χ0v) is 53.1. The number of carbonyl (C=O) groups excluding carboxylic acids is 3. The normalized spacial score (nSPS) is 18.6. The Morgan fingerprint density at radius 1 is 0.800 bits per heavy atom. The summed E-state index contributed by atoms with van der Waals surface area (Å²) >= 11 is 3.53. The average Bonchev–Trinajstić information content (AvgIpc) is 3.41. The number of carbonyl (C=O) groups is 3. The molecule has 3 aromatic rings. The molecular formula is C70H102N4O5S. The van der Waals surface area contributed by atoms with E-state index in [1.54, 1.807) is 13.2 Å². The third kappa shape index (κ3) is 22.6. The summed E-state index contributed by atoms with van der Waals surface area (Å²) in [5.41, 5.74) is 14.4. The number of hydrogen-bond acceptors (Lipinski definition) is 10. The number of Topliss-reactive ketones (excluding diaryl/α,β-unsaturated/α-hetero) is 1. The van der Waals surface area contributed by atoms with Crippen LogP contribution in [0.1, 0.15) is 175 Å². The number of fused-ring (bicyclic) bond motifs is 1. The Kier molecular flexibility index (Phi) is 28.9. The molecule has 0 aliphatic heterocycles. The molecule has 80 heavy (non-hydrogen) atoms. The Morgan fingerprint density at radius 3 is 2.00 bits per heavy atom. The van der Waals surface area contributed by atoms with E-state index in [1.165, 1.54) is 66.8 Å². The lowest BCUT2D eigenvalue weighted by atomic mass is 9.79. The van der Waals surface area contributed by atoms with Gasteiger partial charge in [-0.1, -0.05) is 161 Å². The van der Waals surface area contributed by atoms with Gasteiger partial charge in [0.05, 0.1) is 36.6 Å². The molecule has 4 N–H and O–H groups in total. The highest BCUT2D eigenvalue weighted by Crippen LogP contribution is 2.40. The number of aryl methyl sites for hydroxylation is 3. The monoisotopic (exact) mass is 1110 g/mol. The molecule has 1 fully saturated rings. The molecule has 6 rings (SSSR count).